The molecule has 0 saturated carbocycles. The van der Waals surface area contributed by atoms with Gasteiger partial charge in [-0.05, 0) is 38.4 Å². The molecule has 1 N–H and O–H groups in total. The normalized spacial score (nSPS) is 25.1. The van der Waals surface area contributed by atoms with Gasteiger partial charge < -0.3 is 5.32 Å². The largest absolute Gasteiger partial charge is 0.306 e. The molecule has 1 aliphatic rings. The minimum Gasteiger partial charge on any atom is -0.306 e. The predicted octanol–water partition coefficient (Wildman–Crippen LogP) is 3.94. The van der Waals surface area contributed by atoms with E-state index in [0.29, 0.717) is 17.5 Å². The maximum absolute atomic E-state index is 4.53. The fraction of sp³-hybridized carbons (Fsp3) is 0.786. The highest BCUT2D eigenvalue weighted by molar-refractivity contribution is 7.99. The van der Waals surface area contributed by atoms with Crippen molar-refractivity contribution in [1.82, 2.24) is 10.3 Å². The molecule has 4 heteroatoms. The first-order valence-electron chi connectivity index (χ1n) is 6.65. The zero-order valence-corrected chi connectivity index (χ0v) is 13.7. The molecule has 1 aromatic rings. The Labute approximate surface area is 119 Å². The lowest BCUT2D eigenvalue weighted by atomic mass is 9.87. The molecule has 2 rings (SSSR count). The van der Waals surface area contributed by atoms with Gasteiger partial charge in [-0.1, -0.05) is 13.8 Å². The lowest BCUT2D eigenvalue weighted by molar-refractivity contribution is 0.305. The second kappa shape index (κ2) is 5.51. The Bertz CT molecular complexity index is 412. The van der Waals surface area contributed by atoms with Gasteiger partial charge in [0.2, 0.25) is 0 Å². The number of aryl methyl sites for hydroxylation is 2. The van der Waals surface area contributed by atoms with Crippen LogP contribution in [-0.4, -0.2) is 22.5 Å². The fourth-order valence-corrected chi connectivity index (χ4v) is 4.97. The van der Waals surface area contributed by atoms with Crippen molar-refractivity contribution >= 4 is 23.1 Å². The van der Waals surface area contributed by atoms with E-state index in [-0.39, 0.29) is 0 Å². The summed E-state index contributed by atoms with van der Waals surface area (Å²) >= 11 is 3.91. The summed E-state index contributed by atoms with van der Waals surface area (Å²) in [5.41, 5.74) is 1.67. The Balaban J connectivity index is 1.99. The number of aromatic nitrogens is 1. The smallest absolute Gasteiger partial charge is 0.0900 e. The highest BCUT2D eigenvalue weighted by Gasteiger charge is 2.29. The number of nitrogens with zero attached hydrogens (tertiary/aromatic N) is 1. The summed E-state index contributed by atoms with van der Waals surface area (Å²) in [4.78, 5) is 5.93. The van der Waals surface area contributed by atoms with Gasteiger partial charge in [0, 0.05) is 22.7 Å². The van der Waals surface area contributed by atoms with Crippen molar-refractivity contribution in [1.29, 1.82) is 0 Å². The molecule has 0 aromatic carbocycles. The van der Waals surface area contributed by atoms with Crippen LogP contribution in [0.15, 0.2) is 0 Å². The number of thiazole rings is 1. The average molecular weight is 284 g/mol. The van der Waals surface area contributed by atoms with Gasteiger partial charge in [-0.15, -0.1) is 11.3 Å². The Morgan fingerprint density at radius 1 is 1.39 bits per heavy atom. The summed E-state index contributed by atoms with van der Waals surface area (Å²) in [7, 11) is 0. The Hall–Kier alpha value is -0.0600. The minimum absolute atomic E-state index is 0.427. The summed E-state index contributed by atoms with van der Waals surface area (Å²) in [6, 6.07) is 1.06. The Morgan fingerprint density at radius 2 is 2.11 bits per heavy atom. The van der Waals surface area contributed by atoms with E-state index in [1.807, 2.05) is 11.3 Å². The molecule has 2 unspecified atom stereocenters. The molecular formula is C14H24N2S2. The third kappa shape index (κ3) is 3.49. The summed E-state index contributed by atoms with van der Waals surface area (Å²) in [6.07, 6.45) is 1.28. The Morgan fingerprint density at radius 3 is 2.67 bits per heavy atom. The van der Waals surface area contributed by atoms with E-state index < -0.39 is 0 Å². The van der Waals surface area contributed by atoms with Crippen LogP contribution >= 0.6 is 23.1 Å². The van der Waals surface area contributed by atoms with E-state index in [0.717, 1.165) is 0 Å². The standard InChI is InChI=1S/C14H24N2S2/c1-9-13(18-11(3)15-9)10(2)16-12-6-14(4,5)8-17-7-12/h10,12,16H,6-8H2,1-5H3. The molecule has 1 aromatic heterocycles. The molecule has 2 nitrogen and oxygen atoms in total. The van der Waals surface area contributed by atoms with E-state index >= 15 is 0 Å². The second-order valence-corrected chi connectivity index (χ2v) is 8.42. The highest BCUT2D eigenvalue weighted by atomic mass is 32.2. The van der Waals surface area contributed by atoms with Gasteiger partial charge in [-0.2, -0.15) is 11.8 Å². The van der Waals surface area contributed by atoms with Crippen LogP contribution in [0.1, 0.15) is 48.8 Å². The van der Waals surface area contributed by atoms with Crippen LogP contribution in [0.5, 0.6) is 0 Å². The van der Waals surface area contributed by atoms with Gasteiger partial charge in [0.05, 0.1) is 10.7 Å². The average Bonchev–Trinajstić information content (AvgIpc) is 2.56. The zero-order chi connectivity index (χ0) is 13.3. The van der Waals surface area contributed by atoms with Crippen LogP contribution in [0, 0.1) is 19.3 Å². The number of hydrogen-bond acceptors (Lipinski definition) is 4. The number of rotatable bonds is 3. The molecule has 2 heterocycles. The SMILES string of the molecule is Cc1nc(C)c(C(C)NC2CSCC(C)(C)C2)s1. The second-order valence-electron chi connectivity index (χ2n) is 6.15. The van der Waals surface area contributed by atoms with Crippen molar-refractivity contribution in [2.24, 2.45) is 5.41 Å². The number of nitrogens with one attached hydrogen (secondary N) is 1. The van der Waals surface area contributed by atoms with E-state index in [1.165, 1.54) is 33.5 Å². The molecule has 0 bridgehead atoms. The van der Waals surface area contributed by atoms with Crippen LogP contribution in [-0.2, 0) is 0 Å². The molecule has 0 spiro atoms. The van der Waals surface area contributed by atoms with Crippen molar-refractivity contribution in [3.63, 3.8) is 0 Å². The topological polar surface area (TPSA) is 24.9 Å². The van der Waals surface area contributed by atoms with E-state index in [4.69, 9.17) is 0 Å². The lowest BCUT2D eigenvalue weighted by Crippen LogP contribution is -2.41. The molecule has 0 aliphatic carbocycles. The summed E-state index contributed by atoms with van der Waals surface area (Å²) in [6.45, 7) is 11.2. The lowest BCUT2D eigenvalue weighted by Gasteiger charge is -2.36. The molecule has 0 radical (unpaired) electrons. The third-order valence-corrected chi connectivity index (χ3v) is 6.31. The van der Waals surface area contributed by atoms with Crippen molar-refractivity contribution in [2.75, 3.05) is 11.5 Å². The van der Waals surface area contributed by atoms with Gasteiger partial charge >= 0.3 is 0 Å². The quantitative estimate of drug-likeness (QED) is 0.910. The molecule has 1 fully saturated rings. The number of thioether (sulfide) groups is 1. The van der Waals surface area contributed by atoms with Crippen LogP contribution in [0.3, 0.4) is 0 Å². The maximum atomic E-state index is 4.53. The monoisotopic (exact) mass is 284 g/mol. The van der Waals surface area contributed by atoms with E-state index in [2.05, 4.69) is 56.7 Å². The van der Waals surface area contributed by atoms with Crippen LogP contribution < -0.4 is 5.32 Å². The predicted molar refractivity (Wildman–Crippen MR) is 82.6 cm³/mol. The van der Waals surface area contributed by atoms with Gasteiger partial charge in [-0.25, -0.2) is 4.98 Å². The zero-order valence-electron chi connectivity index (χ0n) is 12.0. The van der Waals surface area contributed by atoms with Crippen molar-refractivity contribution in [3.8, 4) is 0 Å². The molecule has 18 heavy (non-hydrogen) atoms. The molecule has 102 valence electrons. The minimum atomic E-state index is 0.427. The van der Waals surface area contributed by atoms with Crippen molar-refractivity contribution < 1.29 is 0 Å². The van der Waals surface area contributed by atoms with Crippen LogP contribution in [0.2, 0.25) is 0 Å². The Kier molecular flexibility index (Phi) is 4.40. The molecular weight excluding hydrogens is 260 g/mol. The fourth-order valence-electron chi connectivity index (χ4n) is 2.75. The van der Waals surface area contributed by atoms with E-state index in [1.54, 1.807) is 0 Å². The summed E-state index contributed by atoms with van der Waals surface area (Å²) in [5, 5.41) is 4.97. The van der Waals surface area contributed by atoms with Gasteiger partial charge in [0.25, 0.3) is 0 Å². The van der Waals surface area contributed by atoms with Gasteiger partial charge in [-0.3, -0.25) is 0 Å². The highest BCUT2D eigenvalue weighted by Crippen LogP contribution is 2.35. The first kappa shape index (κ1) is 14.4. The van der Waals surface area contributed by atoms with E-state index in [9.17, 15) is 0 Å². The first-order valence-corrected chi connectivity index (χ1v) is 8.62. The first-order chi connectivity index (χ1) is 8.37. The van der Waals surface area contributed by atoms with Gasteiger partial charge in [0.15, 0.2) is 0 Å². The molecule has 1 saturated heterocycles. The maximum Gasteiger partial charge on any atom is 0.0900 e. The summed E-state index contributed by atoms with van der Waals surface area (Å²) < 4.78 is 0. The molecule has 1 aliphatic heterocycles. The summed E-state index contributed by atoms with van der Waals surface area (Å²) in [5.74, 6) is 2.53. The molecule has 0 amide bonds. The molecule has 2 atom stereocenters. The number of hydrogen-bond donors (Lipinski definition) is 1. The van der Waals surface area contributed by atoms with Crippen LogP contribution in [0.4, 0.5) is 0 Å². The van der Waals surface area contributed by atoms with Crippen LogP contribution in [0.25, 0.3) is 0 Å². The van der Waals surface area contributed by atoms with Gasteiger partial charge in [0.1, 0.15) is 0 Å². The van der Waals surface area contributed by atoms with Crippen molar-refractivity contribution in [3.05, 3.63) is 15.6 Å². The van der Waals surface area contributed by atoms with Crippen molar-refractivity contribution in [2.45, 2.75) is 53.1 Å². The third-order valence-electron chi connectivity index (χ3n) is 3.43.